The first-order valence-corrected chi connectivity index (χ1v) is 12.0. The van der Waals surface area contributed by atoms with E-state index in [2.05, 4.69) is 32.9 Å². The zero-order valence-electron chi connectivity index (χ0n) is 21.0. The summed E-state index contributed by atoms with van der Waals surface area (Å²) in [7, 11) is 1.49. The monoisotopic (exact) mass is 477 g/mol. The molecule has 0 radical (unpaired) electrons. The number of allylic oxidation sites excluding steroid dienone is 4. The SMILES string of the molecule is COc1oc([C@H]2C[C@@]3(CO2)[C@H](c2ccc([N+](=O)[O-])cc2)[C@]2(C)C=C(C)C=C(C)[C@@H]23)c(C)c(=O)c1C. The molecule has 2 aliphatic carbocycles. The van der Waals surface area contributed by atoms with Crippen molar-refractivity contribution in [2.75, 3.05) is 13.7 Å². The molecule has 3 aliphatic rings. The fourth-order valence-corrected chi connectivity index (χ4v) is 7.57. The second kappa shape index (κ2) is 7.92. The average Bonchev–Trinajstić information content (AvgIpc) is 3.23. The Kier molecular flexibility index (Phi) is 5.33. The van der Waals surface area contributed by atoms with Crippen molar-refractivity contribution < 1.29 is 18.8 Å². The number of hydrogen-bond donors (Lipinski definition) is 0. The predicted octanol–water partition coefficient (Wildman–Crippen LogP) is 5.95. The smallest absolute Gasteiger partial charge is 0.291 e. The van der Waals surface area contributed by atoms with Gasteiger partial charge in [0.25, 0.3) is 11.6 Å². The Hall–Kier alpha value is -3.19. The molecule has 1 aromatic carbocycles. The molecule has 1 saturated carbocycles. The van der Waals surface area contributed by atoms with Gasteiger partial charge in [0, 0.05) is 34.4 Å². The van der Waals surface area contributed by atoms with E-state index in [9.17, 15) is 14.9 Å². The van der Waals surface area contributed by atoms with E-state index in [4.69, 9.17) is 13.9 Å². The van der Waals surface area contributed by atoms with Crippen LogP contribution >= 0.6 is 0 Å². The van der Waals surface area contributed by atoms with Crippen molar-refractivity contribution in [3.63, 3.8) is 0 Å². The molecule has 1 saturated heterocycles. The molecular weight excluding hydrogens is 446 g/mol. The fraction of sp³-hybridized carbons (Fsp3) is 0.464. The molecule has 0 amide bonds. The van der Waals surface area contributed by atoms with Crippen molar-refractivity contribution in [3.8, 4) is 5.95 Å². The van der Waals surface area contributed by atoms with Crippen LogP contribution in [-0.2, 0) is 4.74 Å². The molecule has 7 nitrogen and oxygen atoms in total. The maximum absolute atomic E-state index is 12.8. The summed E-state index contributed by atoms with van der Waals surface area (Å²) in [6, 6.07) is 6.94. The van der Waals surface area contributed by atoms with Crippen LogP contribution in [0.4, 0.5) is 5.69 Å². The number of benzene rings is 1. The van der Waals surface area contributed by atoms with Crippen molar-refractivity contribution in [3.05, 3.63) is 90.4 Å². The third-order valence-corrected chi connectivity index (χ3v) is 8.44. The summed E-state index contributed by atoms with van der Waals surface area (Å²) in [6.45, 7) is 10.6. The normalized spacial score (nSPS) is 31.4. The third kappa shape index (κ3) is 3.24. The van der Waals surface area contributed by atoms with Crippen LogP contribution in [0.1, 0.15) is 61.7 Å². The van der Waals surface area contributed by atoms with Crippen molar-refractivity contribution in [1.82, 2.24) is 0 Å². The van der Waals surface area contributed by atoms with Crippen molar-refractivity contribution in [1.29, 1.82) is 0 Å². The van der Waals surface area contributed by atoms with Crippen LogP contribution in [-0.4, -0.2) is 18.6 Å². The topological polar surface area (TPSA) is 91.8 Å². The summed E-state index contributed by atoms with van der Waals surface area (Å²) >= 11 is 0. The highest BCUT2D eigenvalue weighted by atomic mass is 16.6. The number of nitro groups is 1. The molecule has 2 heterocycles. The largest absolute Gasteiger partial charge is 0.468 e. The Bertz CT molecular complexity index is 1340. The quantitative estimate of drug-likeness (QED) is 0.399. The summed E-state index contributed by atoms with van der Waals surface area (Å²) < 4.78 is 17.8. The molecular formula is C28H31NO6. The predicted molar refractivity (Wildman–Crippen MR) is 132 cm³/mol. The first-order chi connectivity index (χ1) is 16.5. The molecule has 35 heavy (non-hydrogen) atoms. The summed E-state index contributed by atoms with van der Waals surface area (Å²) in [5.74, 6) is 1.10. The zero-order chi connectivity index (χ0) is 25.3. The Morgan fingerprint density at radius 3 is 2.40 bits per heavy atom. The van der Waals surface area contributed by atoms with Crippen molar-refractivity contribution >= 4 is 5.69 Å². The van der Waals surface area contributed by atoms with Crippen LogP contribution in [0.2, 0.25) is 0 Å². The number of rotatable bonds is 4. The lowest BCUT2D eigenvalue weighted by Gasteiger charge is -2.67. The van der Waals surface area contributed by atoms with Gasteiger partial charge in [-0.2, -0.15) is 0 Å². The minimum Gasteiger partial charge on any atom is -0.468 e. The average molecular weight is 478 g/mol. The Morgan fingerprint density at radius 1 is 1.09 bits per heavy atom. The standard InChI is InChI=1S/C28H31NO6/c1-15-11-16(2)24-27(5,12-15)25(19-7-9-20(10-8-19)29(31)32)28(24)13-21(34-14-28)23-17(3)22(30)18(4)26(33-6)35-23/h7-12,21,24-25H,13-14H2,1-6H3/t21-,24+,25-,27-,28+/m1/s1. The van der Waals surface area contributed by atoms with Crippen LogP contribution in [0.25, 0.3) is 0 Å². The van der Waals surface area contributed by atoms with E-state index in [0.29, 0.717) is 29.9 Å². The molecule has 7 heteroatoms. The molecule has 0 bridgehead atoms. The first-order valence-electron chi connectivity index (χ1n) is 12.0. The second-order valence-corrected chi connectivity index (χ2v) is 10.6. The number of hydrogen-bond acceptors (Lipinski definition) is 6. The molecule has 5 atom stereocenters. The van der Waals surface area contributed by atoms with Crippen LogP contribution in [0.15, 0.2) is 56.8 Å². The molecule has 1 aliphatic heterocycles. The van der Waals surface area contributed by atoms with E-state index in [1.165, 1.54) is 18.3 Å². The van der Waals surface area contributed by atoms with E-state index in [1.807, 2.05) is 12.1 Å². The van der Waals surface area contributed by atoms with Crippen molar-refractivity contribution in [2.24, 2.45) is 16.7 Å². The highest BCUT2D eigenvalue weighted by molar-refractivity contribution is 5.48. The number of nitro benzene ring substituents is 1. The van der Waals surface area contributed by atoms with Gasteiger partial charge in [0.1, 0.15) is 11.9 Å². The Balaban J connectivity index is 1.60. The number of nitrogens with zero attached hydrogens (tertiary/aromatic N) is 1. The summed E-state index contributed by atoms with van der Waals surface area (Å²) in [6.07, 6.45) is 4.90. The van der Waals surface area contributed by atoms with Crippen LogP contribution in [0.3, 0.4) is 0 Å². The van der Waals surface area contributed by atoms with Gasteiger partial charge in [-0.1, -0.05) is 42.4 Å². The number of non-ortho nitro benzene ring substituents is 1. The lowest BCUT2D eigenvalue weighted by atomic mass is 9.35. The lowest BCUT2D eigenvalue weighted by molar-refractivity contribution is -0.384. The highest BCUT2D eigenvalue weighted by Gasteiger charge is 2.71. The molecule has 1 aromatic heterocycles. The molecule has 2 fully saturated rings. The van der Waals surface area contributed by atoms with E-state index in [-0.39, 0.29) is 50.8 Å². The number of fused-ring (bicyclic) bond motifs is 2. The Morgan fingerprint density at radius 2 is 1.77 bits per heavy atom. The van der Waals surface area contributed by atoms with Crippen molar-refractivity contribution in [2.45, 2.75) is 53.1 Å². The van der Waals surface area contributed by atoms with Crippen LogP contribution < -0.4 is 10.2 Å². The van der Waals surface area contributed by atoms with Gasteiger partial charge in [-0.15, -0.1) is 0 Å². The van der Waals surface area contributed by atoms with E-state index >= 15 is 0 Å². The second-order valence-electron chi connectivity index (χ2n) is 10.6. The minimum absolute atomic E-state index is 0.0833. The van der Waals surface area contributed by atoms with Gasteiger partial charge in [0.05, 0.1) is 24.2 Å². The van der Waals surface area contributed by atoms with Gasteiger partial charge in [-0.25, -0.2) is 0 Å². The number of ether oxygens (including phenoxy) is 2. The van der Waals surface area contributed by atoms with Gasteiger partial charge < -0.3 is 13.9 Å². The maximum atomic E-state index is 12.8. The van der Waals surface area contributed by atoms with Gasteiger partial charge >= 0.3 is 0 Å². The summed E-state index contributed by atoms with van der Waals surface area (Å²) in [5, 5.41) is 11.3. The third-order valence-electron chi connectivity index (χ3n) is 8.44. The highest BCUT2D eigenvalue weighted by Crippen LogP contribution is 2.76. The van der Waals surface area contributed by atoms with Gasteiger partial charge in [0.15, 0.2) is 5.43 Å². The maximum Gasteiger partial charge on any atom is 0.291 e. The van der Waals surface area contributed by atoms with E-state index < -0.39 is 0 Å². The van der Waals surface area contributed by atoms with Crippen LogP contribution in [0.5, 0.6) is 5.95 Å². The van der Waals surface area contributed by atoms with E-state index in [1.54, 1.807) is 26.0 Å². The molecule has 0 N–H and O–H groups in total. The Labute approximate surface area is 204 Å². The summed E-state index contributed by atoms with van der Waals surface area (Å²) in [4.78, 5) is 23.7. The molecule has 0 unspecified atom stereocenters. The lowest BCUT2D eigenvalue weighted by Crippen LogP contribution is -2.62. The molecule has 184 valence electrons. The fourth-order valence-electron chi connectivity index (χ4n) is 7.57. The molecule has 1 spiro atoms. The number of methoxy groups -OCH3 is 1. The molecule has 2 aromatic rings. The van der Waals surface area contributed by atoms with Gasteiger partial charge in [0.2, 0.25) is 0 Å². The van der Waals surface area contributed by atoms with E-state index in [0.717, 1.165) is 5.56 Å². The van der Waals surface area contributed by atoms with Gasteiger partial charge in [-0.3, -0.25) is 14.9 Å². The first kappa shape index (κ1) is 23.5. The van der Waals surface area contributed by atoms with Crippen LogP contribution in [0, 0.1) is 40.7 Å². The molecule has 5 rings (SSSR count). The minimum atomic E-state index is -0.373. The summed E-state index contributed by atoms with van der Waals surface area (Å²) in [5.41, 5.74) is 4.23. The van der Waals surface area contributed by atoms with Gasteiger partial charge in [-0.05, 0) is 45.6 Å². The zero-order valence-corrected chi connectivity index (χ0v) is 21.0.